The molecule has 2 N–H and O–H groups in total. The van der Waals surface area contributed by atoms with Crippen molar-refractivity contribution in [3.05, 3.63) is 66.2 Å². The topological polar surface area (TPSA) is 26.0 Å². The summed E-state index contributed by atoms with van der Waals surface area (Å²) >= 11 is 0. The van der Waals surface area contributed by atoms with Crippen molar-refractivity contribution >= 4 is 16.5 Å². The average Bonchev–Trinajstić information content (AvgIpc) is 2.46. The molecule has 0 aliphatic carbocycles. The van der Waals surface area contributed by atoms with Crippen LogP contribution in [0.4, 0.5) is 5.69 Å². The molecule has 3 aromatic carbocycles. The Labute approximate surface area is 126 Å². The largest absolute Gasteiger partial charge is 0.398 e. The predicted molar refractivity (Wildman–Crippen MR) is 92.5 cm³/mol. The normalized spacial score (nSPS) is 11.8. The summed E-state index contributed by atoms with van der Waals surface area (Å²) in [6.45, 7) is 6.68. The minimum Gasteiger partial charge on any atom is -0.398 e. The van der Waals surface area contributed by atoms with Gasteiger partial charge in [0.1, 0.15) is 0 Å². The first-order chi connectivity index (χ1) is 9.97. The van der Waals surface area contributed by atoms with E-state index in [0.29, 0.717) is 0 Å². The highest BCUT2D eigenvalue weighted by atomic mass is 14.6. The van der Waals surface area contributed by atoms with E-state index in [2.05, 4.69) is 75.4 Å². The number of benzene rings is 3. The molecule has 0 saturated heterocycles. The highest BCUT2D eigenvalue weighted by Gasteiger charge is 2.16. The molecule has 0 aromatic heterocycles. The lowest BCUT2D eigenvalue weighted by atomic mass is 9.84. The van der Waals surface area contributed by atoms with Crippen molar-refractivity contribution in [3.8, 4) is 11.1 Å². The molecule has 21 heavy (non-hydrogen) atoms. The molecule has 0 amide bonds. The van der Waals surface area contributed by atoms with E-state index in [1.54, 1.807) is 0 Å². The fraction of sp³-hybridized carbons (Fsp3) is 0.200. The zero-order valence-corrected chi connectivity index (χ0v) is 12.9. The second-order valence-electron chi connectivity index (χ2n) is 6.58. The lowest BCUT2D eigenvalue weighted by Gasteiger charge is -2.21. The van der Waals surface area contributed by atoms with Crippen molar-refractivity contribution < 1.29 is 0 Å². The Morgan fingerprint density at radius 1 is 0.762 bits per heavy atom. The Hall–Kier alpha value is -2.28. The van der Waals surface area contributed by atoms with Crippen molar-refractivity contribution in [2.24, 2.45) is 0 Å². The van der Waals surface area contributed by atoms with E-state index in [9.17, 15) is 0 Å². The van der Waals surface area contributed by atoms with E-state index in [4.69, 9.17) is 5.73 Å². The highest BCUT2D eigenvalue weighted by Crippen LogP contribution is 2.35. The quantitative estimate of drug-likeness (QED) is 0.592. The van der Waals surface area contributed by atoms with E-state index in [1.807, 2.05) is 6.07 Å². The zero-order valence-electron chi connectivity index (χ0n) is 12.9. The van der Waals surface area contributed by atoms with Gasteiger partial charge < -0.3 is 5.73 Å². The number of hydrogen-bond acceptors (Lipinski definition) is 1. The van der Waals surface area contributed by atoms with Crippen molar-refractivity contribution in [1.82, 2.24) is 0 Å². The van der Waals surface area contributed by atoms with Crippen LogP contribution in [0.5, 0.6) is 0 Å². The van der Waals surface area contributed by atoms with Crippen LogP contribution >= 0.6 is 0 Å². The molecule has 106 valence electrons. The number of fused-ring (bicyclic) bond motifs is 1. The van der Waals surface area contributed by atoms with E-state index in [-0.39, 0.29) is 5.41 Å². The van der Waals surface area contributed by atoms with Gasteiger partial charge in [-0.05, 0) is 39.4 Å². The molecule has 0 saturated carbocycles. The highest BCUT2D eigenvalue weighted by molar-refractivity contribution is 5.99. The van der Waals surface area contributed by atoms with Crippen molar-refractivity contribution in [3.63, 3.8) is 0 Å². The van der Waals surface area contributed by atoms with E-state index in [1.165, 1.54) is 21.9 Å². The van der Waals surface area contributed by atoms with Crippen LogP contribution in [-0.2, 0) is 5.41 Å². The van der Waals surface area contributed by atoms with Crippen LogP contribution in [-0.4, -0.2) is 0 Å². The van der Waals surface area contributed by atoms with Gasteiger partial charge in [0.15, 0.2) is 0 Å². The monoisotopic (exact) mass is 275 g/mol. The zero-order chi connectivity index (χ0) is 15.0. The van der Waals surface area contributed by atoms with Gasteiger partial charge in [0.25, 0.3) is 0 Å². The van der Waals surface area contributed by atoms with Crippen molar-refractivity contribution in [2.75, 3.05) is 5.73 Å². The van der Waals surface area contributed by atoms with Gasteiger partial charge in [-0.3, -0.25) is 0 Å². The van der Waals surface area contributed by atoms with Crippen LogP contribution in [0.15, 0.2) is 60.7 Å². The first-order valence-electron chi connectivity index (χ1n) is 7.35. The molecule has 3 aromatic rings. The van der Waals surface area contributed by atoms with Gasteiger partial charge in [-0.2, -0.15) is 0 Å². The summed E-state index contributed by atoms with van der Waals surface area (Å²) in [6.07, 6.45) is 0. The lowest BCUT2D eigenvalue weighted by Crippen LogP contribution is -2.11. The maximum atomic E-state index is 6.26. The Balaban J connectivity index is 2.28. The third-order valence-electron chi connectivity index (χ3n) is 4.00. The van der Waals surface area contributed by atoms with Gasteiger partial charge in [0, 0.05) is 11.3 Å². The molecule has 0 atom stereocenters. The maximum absolute atomic E-state index is 6.26. The first kappa shape index (κ1) is 13.7. The second-order valence-corrected chi connectivity index (χ2v) is 6.58. The number of nitrogen functional groups attached to an aromatic ring is 1. The number of rotatable bonds is 1. The lowest BCUT2D eigenvalue weighted by molar-refractivity contribution is 0.590. The van der Waals surface area contributed by atoms with E-state index >= 15 is 0 Å². The summed E-state index contributed by atoms with van der Waals surface area (Å²) in [4.78, 5) is 0. The van der Waals surface area contributed by atoms with Crippen LogP contribution < -0.4 is 5.73 Å². The van der Waals surface area contributed by atoms with Crippen molar-refractivity contribution in [2.45, 2.75) is 26.2 Å². The summed E-state index contributed by atoms with van der Waals surface area (Å²) in [5, 5.41) is 2.49. The minimum atomic E-state index is 0.118. The molecular formula is C20H21N. The molecule has 1 heteroatoms. The number of hydrogen-bond donors (Lipinski definition) is 1. The summed E-state index contributed by atoms with van der Waals surface area (Å²) in [5.74, 6) is 0. The van der Waals surface area contributed by atoms with E-state index in [0.717, 1.165) is 11.3 Å². The third kappa shape index (κ3) is 2.52. The SMILES string of the molecule is CC(C)(C)c1ccc(N)c(-c2cccc3ccccc23)c1. The Bertz CT molecular complexity index is 789. The molecule has 0 heterocycles. The predicted octanol–water partition coefficient (Wildman–Crippen LogP) is 5.39. The summed E-state index contributed by atoms with van der Waals surface area (Å²) < 4.78 is 0. The Morgan fingerprint density at radius 3 is 2.24 bits per heavy atom. The van der Waals surface area contributed by atoms with Gasteiger partial charge in [-0.25, -0.2) is 0 Å². The smallest absolute Gasteiger partial charge is 0.0394 e. The van der Waals surface area contributed by atoms with Gasteiger partial charge in [0.2, 0.25) is 0 Å². The molecule has 0 unspecified atom stereocenters. The van der Waals surface area contributed by atoms with Gasteiger partial charge in [0.05, 0.1) is 0 Å². The molecule has 0 bridgehead atoms. The summed E-state index contributed by atoms with van der Waals surface area (Å²) in [5.41, 5.74) is 10.8. The Kier molecular flexibility index (Phi) is 3.21. The molecule has 0 spiro atoms. The fourth-order valence-electron chi connectivity index (χ4n) is 2.72. The summed E-state index contributed by atoms with van der Waals surface area (Å²) in [6, 6.07) is 21.2. The number of nitrogens with two attached hydrogens (primary N) is 1. The van der Waals surface area contributed by atoms with Crippen LogP contribution in [0.2, 0.25) is 0 Å². The van der Waals surface area contributed by atoms with Gasteiger partial charge >= 0.3 is 0 Å². The second kappa shape index (κ2) is 4.92. The fourth-order valence-corrected chi connectivity index (χ4v) is 2.72. The molecule has 3 rings (SSSR count). The Morgan fingerprint density at radius 2 is 1.48 bits per heavy atom. The minimum absolute atomic E-state index is 0.118. The molecule has 0 aliphatic rings. The third-order valence-corrected chi connectivity index (χ3v) is 4.00. The molecule has 0 aliphatic heterocycles. The molecule has 0 radical (unpaired) electrons. The average molecular weight is 275 g/mol. The molecular weight excluding hydrogens is 254 g/mol. The van der Waals surface area contributed by atoms with Crippen LogP contribution in [0.3, 0.4) is 0 Å². The first-order valence-corrected chi connectivity index (χ1v) is 7.35. The number of anilines is 1. The maximum Gasteiger partial charge on any atom is 0.0394 e. The standard InChI is InChI=1S/C20H21N/c1-20(2,3)15-11-12-19(21)18(13-15)17-10-6-8-14-7-4-5-9-16(14)17/h4-13H,21H2,1-3H3. The van der Waals surface area contributed by atoms with Crippen molar-refractivity contribution in [1.29, 1.82) is 0 Å². The van der Waals surface area contributed by atoms with Gasteiger partial charge in [-0.15, -0.1) is 0 Å². The van der Waals surface area contributed by atoms with Crippen LogP contribution in [0.1, 0.15) is 26.3 Å². The van der Waals surface area contributed by atoms with E-state index < -0.39 is 0 Å². The van der Waals surface area contributed by atoms with Crippen LogP contribution in [0, 0.1) is 0 Å². The molecule has 1 nitrogen and oxygen atoms in total. The van der Waals surface area contributed by atoms with Gasteiger partial charge in [-0.1, -0.05) is 69.3 Å². The van der Waals surface area contributed by atoms with Crippen LogP contribution in [0.25, 0.3) is 21.9 Å². The molecule has 0 fully saturated rings. The summed E-state index contributed by atoms with van der Waals surface area (Å²) in [7, 11) is 0.